The van der Waals surface area contributed by atoms with Crippen LogP contribution in [0.25, 0.3) is 0 Å². The van der Waals surface area contributed by atoms with E-state index in [1.54, 1.807) is 25.3 Å². The maximum absolute atomic E-state index is 13.0. The highest BCUT2D eigenvalue weighted by molar-refractivity contribution is 6.33. The first-order valence-electron chi connectivity index (χ1n) is 5.11. The van der Waals surface area contributed by atoms with Gasteiger partial charge in [0, 0.05) is 17.6 Å². The number of hydrogen-bond donors (Lipinski definition) is 1. The molecular formula is C12H9ClFN3O. The summed E-state index contributed by atoms with van der Waals surface area (Å²) in [4.78, 5) is 19.5. The fourth-order valence-electron chi connectivity index (χ4n) is 1.40. The van der Waals surface area contributed by atoms with E-state index in [0.717, 1.165) is 18.0 Å². The van der Waals surface area contributed by atoms with Crippen LogP contribution in [0.3, 0.4) is 0 Å². The number of carbonyl (C=O) groups is 1. The van der Waals surface area contributed by atoms with E-state index in [2.05, 4.69) is 15.3 Å². The summed E-state index contributed by atoms with van der Waals surface area (Å²) in [7, 11) is 0. The number of nitrogens with zero attached hydrogens (tertiary/aromatic N) is 2. The van der Waals surface area contributed by atoms with Crippen molar-refractivity contribution in [2.45, 2.75) is 6.92 Å². The zero-order valence-corrected chi connectivity index (χ0v) is 10.2. The van der Waals surface area contributed by atoms with Crippen molar-refractivity contribution < 1.29 is 9.18 Å². The number of amides is 1. The molecule has 0 aromatic carbocycles. The lowest BCUT2D eigenvalue weighted by molar-refractivity contribution is 0.102. The van der Waals surface area contributed by atoms with Gasteiger partial charge in [-0.1, -0.05) is 11.6 Å². The van der Waals surface area contributed by atoms with Crippen LogP contribution in [0.5, 0.6) is 0 Å². The Morgan fingerprint density at radius 1 is 1.39 bits per heavy atom. The molecule has 0 unspecified atom stereocenters. The van der Waals surface area contributed by atoms with Crippen LogP contribution in [0.4, 0.5) is 10.1 Å². The third-order valence-corrected chi connectivity index (χ3v) is 2.51. The molecule has 2 aromatic heterocycles. The van der Waals surface area contributed by atoms with E-state index in [9.17, 15) is 9.18 Å². The quantitative estimate of drug-likeness (QED) is 0.850. The van der Waals surface area contributed by atoms with Gasteiger partial charge in [-0.15, -0.1) is 0 Å². The largest absolute Gasteiger partial charge is 0.322 e. The molecule has 4 nitrogen and oxygen atoms in total. The number of carbonyl (C=O) groups excluding carboxylic acids is 1. The second-order valence-corrected chi connectivity index (χ2v) is 3.99. The van der Waals surface area contributed by atoms with Crippen molar-refractivity contribution in [3.63, 3.8) is 0 Å². The van der Waals surface area contributed by atoms with Gasteiger partial charge in [0.1, 0.15) is 11.0 Å². The molecule has 92 valence electrons. The predicted molar refractivity (Wildman–Crippen MR) is 66.1 cm³/mol. The average molecular weight is 266 g/mol. The van der Waals surface area contributed by atoms with E-state index in [1.165, 1.54) is 0 Å². The number of rotatable bonds is 2. The minimum atomic E-state index is -0.615. The van der Waals surface area contributed by atoms with Crippen molar-refractivity contribution in [2.24, 2.45) is 0 Å². The van der Waals surface area contributed by atoms with Crippen LogP contribution < -0.4 is 5.32 Å². The highest BCUT2D eigenvalue weighted by atomic mass is 35.5. The Labute approximate surface area is 108 Å². The molecule has 0 aliphatic carbocycles. The Morgan fingerprint density at radius 3 is 2.89 bits per heavy atom. The van der Waals surface area contributed by atoms with Gasteiger partial charge >= 0.3 is 0 Å². The summed E-state index contributed by atoms with van der Waals surface area (Å²) in [5.74, 6) is -1.13. The van der Waals surface area contributed by atoms with Crippen molar-refractivity contribution >= 4 is 23.2 Å². The first kappa shape index (κ1) is 12.4. The van der Waals surface area contributed by atoms with Gasteiger partial charge in [-0.05, 0) is 25.1 Å². The maximum Gasteiger partial charge on any atom is 0.258 e. The number of pyridine rings is 2. The van der Waals surface area contributed by atoms with E-state index in [0.29, 0.717) is 5.69 Å². The van der Waals surface area contributed by atoms with Crippen molar-refractivity contribution in [1.29, 1.82) is 0 Å². The van der Waals surface area contributed by atoms with Gasteiger partial charge < -0.3 is 5.32 Å². The van der Waals surface area contributed by atoms with Crippen molar-refractivity contribution in [3.8, 4) is 0 Å². The van der Waals surface area contributed by atoms with Gasteiger partial charge in [0.25, 0.3) is 5.91 Å². The molecule has 0 saturated heterocycles. The normalized spacial score (nSPS) is 10.2. The summed E-state index contributed by atoms with van der Waals surface area (Å²) in [6.45, 7) is 1.80. The molecule has 2 rings (SSSR count). The van der Waals surface area contributed by atoms with E-state index in [4.69, 9.17) is 11.6 Å². The molecule has 18 heavy (non-hydrogen) atoms. The van der Waals surface area contributed by atoms with Gasteiger partial charge in [0.05, 0.1) is 11.8 Å². The third kappa shape index (κ3) is 2.81. The Bertz CT molecular complexity index is 604. The lowest BCUT2D eigenvalue weighted by Crippen LogP contribution is -2.13. The minimum Gasteiger partial charge on any atom is -0.322 e. The molecule has 1 amide bonds. The van der Waals surface area contributed by atoms with Gasteiger partial charge in [-0.2, -0.15) is 0 Å². The Morgan fingerprint density at radius 2 is 2.17 bits per heavy atom. The monoisotopic (exact) mass is 265 g/mol. The number of aromatic nitrogens is 2. The first-order chi connectivity index (χ1) is 8.56. The maximum atomic E-state index is 13.0. The highest BCUT2D eigenvalue weighted by Crippen LogP contribution is 2.16. The number of anilines is 1. The zero-order chi connectivity index (χ0) is 13.1. The fraction of sp³-hybridized carbons (Fsp3) is 0.0833. The summed E-state index contributed by atoms with van der Waals surface area (Å²) in [6, 6.07) is 4.36. The minimum absolute atomic E-state index is 0.00821. The molecule has 0 fully saturated rings. The third-order valence-electron chi connectivity index (χ3n) is 2.20. The summed E-state index contributed by atoms with van der Waals surface area (Å²) < 4.78 is 13.0. The highest BCUT2D eigenvalue weighted by Gasteiger charge is 2.13. The molecule has 0 radical (unpaired) electrons. The van der Waals surface area contributed by atoms with Crippen molar-refractivity contribution in [1.82, 2.24) is 9.97 Å². The molecule has 0 spiro atoms. The Balaban J connectivity index is 2.24. The zero-order valence-electron chi connectivity index (χ0n) is 9.45. The molecule has 0 bridgehead atoms. The van der Waals surface area contributed by atoms with Crippen LogP contribution in [0, 0.1) is 12.7 Å². The van der Waals surface area contributed by atoms with Crippen LogP contribution >= 0.6 is 11.6 Å². The summed E-state index contributed by atoms with van der Waals surface area (Å²) in [6.07, 6.45) is 2.52. The number of nitrogens with one attached hydrogen (secondary N) is 1. The van der Waals surface area contributed by atoms with Crippen molar-refractivity contribution in [3.05, 3.63) is 52.8 Å². The lowest BCUT2D eigenvalue weighted by Gasteiger charge is -2.06. The second kappa shape index (κ2) is 5.10. The first-order valence-corrected chi connectivity index (χ1v) is 5.49. The summed E-state index contributed by atoms with van der Waals surface area (Å²) in [5.41, 5.74) is 1.32. The van der Waals surface area contributed by atoms with Crippen LogP contribution in [0.1, 0.15) is 16.1 Å². The molecule has 0 atom stereocenters. The van der Waals surface area contributed by atoms with Crippen LogP contribution in [0.15, 0.2) is 30.6 Å². The summed E-state index contributed by atoms with van der Waals surface area (Å²) in [5, 5.41) is 2.56. The topological polar surface area (TPSA) is 54.9 Å². The Kier molecular flexibility index (Phi) is 3.53. The van der Waals surface area contributed by atoms with E-state index in [1.807, 2.05) is 0 Å². The molecular weight excluding hydrogens is 257 g/mol. The molecule has 2 aromatic rings. The Hall–Kier alpha value is -2.01. The molecule has 2 heterocycles. The fourth-order valence-corrected chi connectivity index (χ4v) is 1.59. The lowest BCUT2D eigenvalue weighted by atomic mass is 10.2. The van der Waals surface area contributed by atoms with Gasteiger partial charge in [-0.3, -0.25) is 9.78 Å². The standard InChI is InChI=1S/C12H9ClFN3O/c1-7-4-9(2-3-15-7)17-12(18)10-5-8(14)6-16-11(10)13/h2-6H,1H3,(H,15,17,18). The summed E-state index contributed by atoms with van der Waals surface area (Å²) >= 11 is 5.74. The number of halogens is 2. The van der Waals surface area contributed by atoms with E-state index >= 15 is 0 Å². The number of aryl methyl sites for hydroxylation is 1. The molecule has 1 N–H and O–H groups in total. The average Bonchev–Trinajstić information content (AvgIpc) is 2.32. The van der Waals surface area contributed by atoms with E-state index < -0.39 is 11.7 Å². The SMILES string of the molecule is Cc1cc(NC(=O)c2cc(F)cnc2Cl)ccn1. The molecule has 0 aliphatic heterocycles. The molecule has 6 heteroatoms. The van der Waals surface area contributed by atoms with Crippen LogP contribution in [0.2, 0.25) is 5.15 Å². The predicted octanol–water partition coefficient (Wildman–Crippen LogP) is 2.83. The molecule has 0 aliphatic rings. The van der Waals surface area contributed by atoms with E-state index in [-0.39, 0.29) is 10.7 Å². The van der Waals surface area contributed by atoms with Gasteiger partial charge in [0.15, 0.2) is 0 Å². The van der Waals surface area contributed by atoms with Crippen LogP contribution in [-0.2, 0) is 0 Å². The smallest absolute Gasteiger partial charge is 0.258 e. The second-order valence-electron chi connectivity index (χ2n) is 3.63. The van der Waals surface area contributed by atoms with Gasteiger partial charge in [-0.25, -0.2) is 9.37 Å². The number of hydrogen-bond acceptors (Lipinski definition) is 3. The van der Waals surface area contributed by atoms with Crippen LogP contribution in [-0.4, -0.2) is 15.9 Å². The van der Waals surface area contributed by atoms with Gasteiger partial charge in [0.2, 0.25) is 0 Å². The van der Waals surface area contributed by atoms with Crippen molar-refractivity contribution in [2.75, 3.05) is 5.32 Å². The molecule has 0 saturated carbocycles.